The van der Waals surface area contributed by atoms with Gasteiger partial charge in [0.05, 0.1) is 10.7 Å². The highest BCUT2D eigenvalue weighted by Gasteiger charge is 2.37. The molecule has 0 amide bonds. The molecule has 2 aliphatic rings. The van der Waals surface area contributed by atoms with Crippen molar-refractivity contribution in [2.75, 3.05) is 26.2 Å². The average molecular weight is 372 g/mol. The largest absolute Gasteiger partial charge is 0.303 e. The Morgan fingerprint density at radius 3 is 2.50 bits per heavy atom. The third kappa shape index (κ3) is 3.84. The van der Waals surface area contributed by atoms with Crippen molar-refractivity contribution in [3.8, 4) is 0 Å². The van der Waals surface area contributed by atoms with E-state index in [1.165, 1.54) is 24.2 Å². The molecule has 2 saturated heterocycles. The highest BCUT2D eigenvalue weighted by molar-refractivity contribution is 7.91. The van der Waals surface area contributed by atoms with E-state index in [1.54, 1.807) is 11.2 Å². The Hall–Kier alpha value is -0.500. The maximum atomic E-state index is 13.1. The standard InChI is InChI=1S/C17H29N3O2S2/c1-13-6-10-19(11-7-13)12-8-16-5-4-9-20(16)24(21,22)17-14(2)18-15(3)23-17/h13,16H,4-12H2,1-3H3. The first-order valence-electron chi connectivity index (χ1n) is 9.06. The lowest BCUT2D eigenvalue weighted by molar-refractivity contribution is 0.179. The van der Waals surface area contributed by atoms with E-state index in [2.05, 4.69) is 16.8 Å². The topological polar surface area (TPSA) is 53.5 Å². The molecule has 136 valence electrons. The van der Waals surface area contributed by atoms with E-state index in [0.717, 1.165) is 49.8 Å². The average Bonchev–Trinajstić information content (AvgIpc) is 3.13. The van der Waals surface area contributed by atoms with Gasteiger partial charge in [0, 0.05) is 12.6 Å². The second-order valence-corrected chi connectivity index (χ2v) is 10.6. The summed E-state index contributed by atoms with van der Waals surface area (Å²) >= 11 is 1.31. The van der Waals surface area contributed by atoms with Gasteiger partial charge in [0.15, 0.2) is 4.21 Å². The molecule has 0 aliphatic carbocycles. The van der Waals surface area contributed by atoms with Gasteiger partial charge in [0.25, 0.3) is 10.0 Å². The molecule has 1 atom stereocenters. The number of hydrogen-bond donors (Lipinski definition) is 0. The minimum absolute atomic E-state index is 0.149. The van der Waals surface area contributed by atoms with Crippen LogP contribution in [0.1, 0.15) is 49.7 Å². The summed E-state index contributed by atoms with van der Waals surface area (Å²) in [5, 5.41) is 0.823. The van der Waals surface area contributed by atoms with Crippen LogP contribution >= 0.6 is 11.3 Å². The van der Waals surface area contributed by atoms with Crippen LogP contribution in [0.5, 0.6) is 0 Å². The smallest absolute Gasteiger partial charge is 0.254 e. The Morgan fingerprint density at radius 2 is 1.88 bits per heavy atom. The van der Waals surface area contributed by atoms with Crippen LogP contribution in [-0.4, -0.2) is 54.8 Å². The van der Waals surface area contributed by atoms with Gasteiger partial charge < -0.3 is 4.90 Å². The number of piperidine rings is 1. The number of thiazole rings is 1. The van der Waals surface area contributed by atoms with Gasteiger partial charge >= 0.3 is 0 Å². The van der Waals surface area contributed by atoms with Gasteiger partial charge in [0.1, 0.15) is 0 Å². The van der Waals surface area contributed by atoms with Crippen molar-refractivity contribution in [1.29, 1.82) is 0 Å². The minimum Gasteiger partial charge on any atom is -0.303 e. The molecule has 7 heteroatoms. The van der Waals surface area contributed by atoms with Crippen LogP contribution in [0, 0.1) is 19.8 Å². The third-order valence-corrected chi connectivity index (χ3v) is 8.99. The molecule has 1 unspecified atom stereocenters. The summed E-state index contributed by atoms with van der Waals surface area (Å²) in [4.78, 5) is 6.81. The Morgan fingerprint density at radius 1 is 1.17 bits per heavy atom. The van der Waals surface area contributed by atoms with Crippen LogP contribution in [0.25, 0.3) is 0 Å². The van der Waals surface area contributed by atoms with Crippen molar-refractivity contribution in [3.05, 3.63) is 10.7 Å². The van der Waals surface area contributed by atoms with E-state index in [-0.39, 0.29) is 6.04 Å². The number of aryl methyl sites for hydroxylation is 2. The van der Waals surface area contributed by atoms with Crippen molar-refractivity contribution in [3.63, 3.8) is 0 Å². The molecule has 2 aliphatic heterocycles. The molecule has 1 aromatic heterocycles. The molecule has 1 aromatic rings. The first kappa shape index (κ1) is 18.3. The zero-order valence-electron chi connectivity index (χ0n) is 15.0. The number of sulfonamides is 1. The van der Waals surface area contributed by atoms with Crippen molar-refractivity contribution in [1.82, 2.24) is 14.2 Å². The number of nitrogens with zero attached hydrogens (tertiary/aromatic N) is 3. The van der Waals surface area contributed by atoms with Crippen molar-refractivity contribution < 1.29 is 8.42 Å². The molecule has 0 spiro atoms. The summed E-state index contributed by atoms with van der Waals surface area (Å²) in [5.74, 6) is 0.835. The maximum Gasteiger partial charge on any atom is 0.254 e. The normalized spacial score (nSPS) is 24.7. The molecule has 0 N–H and O–H groups in total. The molecule has 5 nitrogen and oxygen atoms in total. The highest BCUT2D eigenvalue weighted by atomic mass is 32.2. The summed E-state index contributed by atoms with van der Waals surface area (Å²) in [6, 6.07) is 0.149. The van der Waals surface area contributed by atoms with E-state index in [0.29, 0.717) is 16.4 Å². The zero-order chi connectivity index (χ0) is 17.3. The molecule has 3 rings (SSSR count). The summed E-state index contributed by atoms with van der Waals surface area (Å²) in [6.45, 7) is 9.99. The van der Waals surface area contributed by atoms with Crippen molar-refractivity contribution >= 4 is 21.4 Å². The van der Waals surface area contributed by atoms with E-state index in [1.807, 2.05) is 6.92 Å². The van der Waals surface area contributed by atoms with E-state index in [4.69, 9.17) is 0 Å². The van der Waals surface area contributed by atoms with Crippen molar-refractivity contribution in [2.24, 2.45) is 5.92 Å². The number of hydrogen-bond acceptors (Lipinski definition) is 5. The summed E-state index contributed by atoms with van der Waals surface area (Å²) < 4.78 is 28.3. The summed E-state index contributed by atoms with van der Waals surface area (Å²) in [6.07, 6.45) is 5.44. The van der Waals surface area contributed by atoms with E-state index >= 15 is 0 Å². The molecule has 3 heterocycles. The van der Waals surface area contributed by atoms with Gasteiger partial charge in [-0.25, -0.2) is 13.4 Å². The lowest BCUT2D eigenvalue weighted by Gasteiger charge is -2.32. The molecule has 0 radical (unpaired) electrons. The van der Waals surface area contributed by atoms with Gasteiger partial charge in [-0.3, -0.25) is 0 Å². The Bertz CT molecular complexity index is 663. The van der Waals surface area contributed by atoms with Gasteiger partial charge in [-0.2, -0.15) is 4.31 Å². The summed E-state index contributed by atoms with van der Waals surface area (Å²) in [5.41, 5.74) is 0.646. The zero-order valence-corrected chi connectivity index (χ0v) is 16.6. The number of rotatable bonds is 5. The van der Waals surface area contributed by atoms with Crippen molar-refractivity contribution in [2.45, 2.75) is 63.1 Å². The van der Waals surface area contributed by atoms with Crippen LogP contribution in [0.2, 0.25) is 0 Å². The Labute approximate surface area is 150 Å². The first-order valence-corrected chi connectivity index (χ1v) is 11.3. The third-order valence-electron chi connectivity index (χ3n) is 5.38. The van der Waals surface area contributed by atoms with Gasteiger partial charge in [-0.05, 0) is 71.5 Å². The fourth-order valence-electron chi connectivity index (χ4n) is 3.89. The number of aromatic nitrogens is 1. The molecular weight excluding hydrogens is 342 g/mol. The van der Waals surface area contributed by atoms with Crippen LogP contribution in [0.4, 0.5) is 0 Å². The van der Waals surface area contributed by atoms with E-state index in [9.17, 15) is 8.42 Å². The predicted octanol–water partition coefficient (Wildman–Crippen LogP) is 3.04. The highest BCUT2D eigenvalue weighted by Crippen LogP contribution is 2.32. The quantitative estimate of drug-likeness (QED) is 0.798. The Kier molecular flexibility index (Phi) is 5.64. The fraction of sp³-hybridized carbons (Fsp3) is 0.824. The second kappa shape index (κ2) is 7.40. The van der Waals surface area contributed by atoms with Crippen LogP contribution in [-0.2, 0) is 10.0 Å². The molecule has 2 fully saturated rings. The van der Waals surface area contributed by atoms with Crippen LogP contribution in [0.3, 0.4) is 0 Å². The number of likely N-dealkylation sites (tertiary alicyclic amines) is 1. The maximum absolute atomic E-state index is 13.1. The van der Waals surface area contributed by atoms with E-state index < -0.39 is 10.0 Å². The molecule has 24 heavy (non-hydrogen) atoms. The predicted molar refractivity (Wildman–Crippen MR) is 98.0 cm³/mol. The van der Waals surface area contributed by atoms with Crippen LogP contribution in [0.15, 0.2) is 4.21 Å². The fourth-order valence-corrected chi connectivity index (χ4v) is 7.21. The lowest BCUT2D eigenvalue weighted by atomic mass is 9.99. The second-order valence-electron chi connectivity index (χ2n) is 7.33. The van der Waals surface area contributed by atoms with Gasteiger partial charge in [-0.15, -0.1) is 11.3 Å². The molecule has 0 aromatic carbocycles. The minimum atomic E-state index is -3.39. The first-order chi connectivity index (χ1) is 11.4. The van der Waals surface area contributed by atoms with Crippen LogP contribution < -0.4 is 0 Å². The SMILES string of the molecule is Cc1nc(C)c(S(=O)(=O)N2CCCC2CCN2CCC(C)CC2)s1. The molecule has 0 bridgehead atoms. The summed E-state index contributed by atoms with van der Waals surface area (Å²) in [7, 11) is -3.39. The van der Waals surface area contributed by atoms with Gasteiger partial charge in [0.2, 0.25) is 0 Å². The Balaban J connectivity index is 1.65. The molecule has 0 saturated carbocycles. The molecular formula is C17H29N3O2S2. The van der Waals surface area contributed by atoms with Gasteiger partial charge in [-0.1, -0.05) is 6.92 Å². The monoisotopic (exact) mass is 371 g/mol. The lowest BCUT2D eigenvalue weighted by Crippen LogP contribution is -2.39.